The van der Waals surface area contributed by atoms with Crippen LogP contribution in [0.1, 0.15) is 32.9 Å². The molecule has 8 nitrogen and oxygen atoms in total. The summed E-state index contributed by atoms with van der Waals surface area (Å²) in [7, 11) is 1.13. The average Bonchev–Trinajstić information content (AvgIpc) is 3.00. The van der Waals surface area contributed by atoms with Gasteiger partial charge in [-0.15, -0.1) is 0 Å². The number of carbonyl (C=O) groups excluding carboxylic acids is 1. The smallest absolute Gasteiger partial charge is 0.436 e. The van der Waals surface area contributed by atoms with E-state index in [1.807, 2.05) is 26.8 Å². The fourth-order valence-electron chi connectivity index (χ4n) is 3.17. The highest BCUT2D eigenvalue weighted by molar-refractivity contribution is 6.34. The second kappa shape index (κ2) is 8.74. The first kappa shape index (κ1) is 24.1. The number of anilines is 1. The highest BCUT2D eigenvalue weighted by Crippen LogP contribution is 2.36. The Morgan fingerprint density at radius 1 is 1.18 bits per heavy atom. The van der Waals surface area contributed by atoms with Crippen molar-refractivity contribution >= 4 is 28.9 Å². The van der Waals surface area contributed by atoms with E-state index in [1.54, 1.807) is 6.07 Å². The lowest BCUT2D eigenvalue weighted by atomic mass is 10.1. The van der Waals surface area contributed by atoms with Gasteiger partial charge in [-0.1, -0.05) is 17.7 Å². The number of nitro benzene ring substituents is 1. The molecule has 0 radical (unpaired) electrons. The van der Waals surface area contributed by atoms with Crippen molar-refractivity contribution in [1.29, 1.82) is 0 Å². The van der Waals surface area contributed by atoms with Crippen LogP contribution in [-0.4, -0.2) is 20.6 Å². The highest BCUT2D eigenvalue weighted by atomic mass is 35.5. The number of amides is 1. The molecule has 0 aliphatic heterocycles. The number of nitrogens with zero attached hydrogens (tertiary/aromatic N) is 3. The number of carbonyl (C=O) groups is 1. The number of nitrogens with one attached hydrogen (secondary N) is 1. The van der Waals surface area contributed by atoms with Gasteiger partial charge in [0.15, 0.2) is 5.69 Å². The van der Waals surface area contributed by atoms with E-state index in [2.05, 4.69) is 10.4 Å². The first-order chi connectivity index (χ1) is 15.3. The van der Waals surface area contributed by atoms with Gasteiger partial charge < -0.3 is 10.1 Å². The molecule has 3 aromatic rings. The molecule has 1 N–H and O–H groups in total. The number of hydrogen-bond acceptors (Lipinski definition) is 5. The Morgan fingerprint density at radius 3 is 2.42 bits per heavy atom. The SMILES string of the molecule is Cc1cc(C)c(C)c(Oc2cc(NC(=O)c3c(Cl)c(C(F)(F)F)nn3C)cc([N+](=O)[O-])c2)c1. The number of hydrogen-bond donors (Lipinski definition) is 1. The topological polar surface area (TPSA) is 99.3 Å². The number of nitro groups is 1. The minimum Gasteiger partial charge on any atom is -0.457 e. The number of non-ortho nitro benzene ring substituents is 1. The van der Waals surface area contributed by atoms with E-state index in [0.717, 1.165) is 29.8 Å². The van der Waals surface area contributed by atoms with Crippen LogP contribution in [0.15, 0.2) is 30.3 Å². The van der Waals surface area contributed by atoms with E-state index in [1.165, 1.54) is 12.1 Å². The predicted molar refractivity (Wildman–Crippen MR) is 115 cm³/mol. The Hall–Kier alpha value is -3.60. The number of alkyl halides is 3. The Morgan fingerprint density at radius 2 is 1.85 bits per heavy atom. The second-order valence-corrected chi connectivity index (χ2v) is 7.74. The van der Waals surface area contributed by atoms with E-state index >= 15 is 0 Å². The van der Waals surface area contributed by atoms with Gasteiger partial charge in [0.1, 0.15) is 22.2 Å². The van der Waals surface area contributed by atoms with Crippen LogP contribution >= 0.6 is 11.6 Å². The maximum Gasteiger partial charge on any atom is 0.436 e. The quantitative estimate of drug-likeness (QED) is 0.357. The molecule has 0 atom stereocenters. The molecular formula is C21H18ClF3N4O4. The highest BCUT2D eigenvalue weighted by Gasteiger charge is 2.39. The van der Waals surface area contributed by atoms with Crippen molar-refractivity contribution in [3.63, 3.8) is 0 Å². The first-order valence-corrected chi connectivity index (χ1v) is 9.82. The summed E-state index contributed by atoms with van der Waals surface area (Å²) in [4.78, 5) is 23.4. The molecule has 0 aliphatic carbocycles. The van der Waals surface area contributed by atoms with Crippen molar-refractivity contribution in [1.82, 2.24) is 9.78 Å². The Bertz CT molecular complexity index is 1270. The zero-order valence-electron chi connectivity index (χ0n) is 17.9. The van der Waals surface area contributed by atoms with Crippen molar-refractivity contribution in [3.05, 3.63) is 73.5 Å². The van der Waals surface area contributed by atoms with Crippen LogP contribution in [0, 0.1) is 30.9 Å². The molecule has 33 heavy (non-hydrogen) atoms. The number of benzene rings is 2. The summed E-state index contributed by atoms with van der Waals surface area (Å²) in [6.07, 6.45) is -4.86. The molecule has 0 bridgehead atoms. The van der Waals surface area contributed by atoms with Crippen LogP contribution in [-0.2, 0) is 13.2 Å². The normalized spacial score (nSPS) is 11.4. The second-order valence-electron chi connectivity index (χ2n) is 7.37. The third-order valence-corrected chi connectivity index (χ3v) is 5.18. The third kappa shape index (κ3) is 5.08. The van der Waals surface area contributed by atoms with Gasteiger partial charge >= 0.3 is 6.18 Å². The zero-order chi connectivity index (χ0) is 24.7. The molecule has 0 saturated carbocycles. The summed E-state index contributed by atoms with van der Waals surface area (Å²) in [5.74, 6) is -0.506. The molecule has 0 fully saturated rings. The fraction of sp³-hybridized carbons (Fsp3) is 0.238. The van der Waals surface area contributed by atoms with Crippen molar-refractivity contribution < 1.29 is 27.6 Å². The number of rotatable bonds is 5. The van der Waals surface area contributed by atoms with Crippen molar-refractivity contribution in [2.75, 3.05) is 5.32 Å². The van der Waals surface area contributed by atoms with Crippen molar-refractivity contribution in [3.8, 4) is 11.5 Å². The zero-order valence-corrected chi connectivity index (χ0v) is 18.6. The molecule has 0 spiro atoms. The summed E-state index contributed by atoms with van der Waals surface area (Å²) in [6, 6.07) is 7.25. The van der Waals surface area contributed by atoms with E-state index in [-0.39, 0.29) is 11.4 Å². The lowest BCUT2D eigenvalue weighted by Crippen LogP contribution is -2.16. The molecule has 0 unspecified atom stereocenters. The number of ether oxygens (including phenoxy) is 1. The van der Waals surface area contributed by atoms with Crippen molar-refractivity contribution in [2.24, 2.45) is 7.05 Å². The van der Waals surface area contributed by atoms with Gasteiger partial charge in [0.05, 0.1) is 16.7 Å². The monoisotopic (exact) mass is 482 g/mol. The fourth-order valence-corrected chi connectivity index (χ4v) is 3.52. The summed E-state index contributed by atoms with van der Waals surface area (Å²) in [5.41, 5.74) is 0.259. The molecule has 1 aromatic heterocycles. The molecule has 1 heterocycles. The van der Waals surface area contributed by atoms with Crippen LogP contribution in [0.3, 0.4) is 0 Å². The van der Waals surface area contributed by atoms with E-state index in [0.29, 0.717) is 10.4 Å². The van der Waals surface area contributed by atoms with Crippen LogP contribution in [0.25, 0.3) is 0 Å². The van der Waals surface area contributed by atoms with Gasteiger partial charge in [-0.05, 0) is 43.5 Å². The maximum absolute atomic E-state index is 13.0. The molecule has 3 rings (SSSR count). The van der Waals surface area contributed by atoms with Crippen LogP contribution in [0.2, 0.25) is 5.02 Å². The molecule has 174 valence electrons. The van der Waals surface area contributed by atoms with Crippen LogP contribution in [0.5, 0.6) is 11.5 Å². The Kier molecular flexibility index (Phi) is 6.37. The summed E-state index contributed by atoms with van der Waals surface area (Å²) < 4.78 is 45.6. The molecular weight excluding hydrogens is 465 g/mol. The van der Waals surface area contributed by atoms with Gasteiger partial charge in [-0.2, -0.15) is 18.3 Å². The molecule has 0 saturated heterocycles. The van der Waals surface area contributed by atoms with E-state index < -0.39 is 39.1 Å². The number of halogens is 4. The summed E-state index contributed by atoms with van der Waals surface area (Å²) in [6.45, 7) is 5.58. The van der Waals surface area contributed by atoms with Gasteiger partial charge in [-0.25, -0.2) is 0 Å². The summed E-state index contributed by atoms with van der Waals surface area (Å²) >= 11 is 5.75. The minimum atomic E-state index is -4.86. The van der Waals surface area contributed by atoms with Crippen LogP contribution < -0.4 is 10.1 Å². The third-order valence-electron chi connectivity index (χ3n) is 4.82. The number of aryl methyl sites for hydroxylation is 3. The lowest BCUT2D eigenvalue weighted by Gasteiger charge is -2.13. The lowest BCUT2D eigenvalue weighted by molar-refractivity contribution is -0.384. The molecule has 2 aromatic carbocycles. The maximum atomic E-state index is 13.0. The molecule has 1 amide bonds. The van der Waals surface area contributed by atoms with Gasteiger partial charge in [0, 0.05) is 19.2 Å². The van der Waals surface area contributed by atoms with Crippen LogP contribution in [0.4, 0.5) is 24.5 Å². The average molecular weight is 483 g/mol. The standard InChI is InChI=1S/C21H18ClF3N4O4/c1-10-5-11(2)12(3)16(6-10)33-15-8-13(7-14(9-15)29(31)32)26-20(30)18-17(22)19(21(23,24)25)27-28(18)4/h5-9H,1-4H3,(H,26,30). The molecule has 0 aliphatic rings. The van der Waals surface area contributed by atoms with Crippen molar-refractivity contribution in [2.45, 2.75) is 26.9 Å². The van der Waals surface area contributed by atoms with Gasteiger partial charge in [0.2, 0.25) is 0 Å². The van der Waals surface area contributed by atoms with Gasteiger partial charge in [0.25, 0.3) is 11.6 Å². The number of aromatic nitrogens is 2. The Labute approximate surface area is 191 Å². The summed E-state index contributed by atoms with van der Waals surface area (Å²) in [5, 5.41) is 16.1. The largest absolute Gasteiger partial charge is 0.457 e. The minimum absolute atomic E-state index is 0.0553. The molecule has 12 heteroatoms. The first-order valence-electron chi connectivity index (χ1n) is 9.44. The van der Waals surface area contributed by atoms with E-state index in [4.69, 9.17) is 16.3 Å². The van der Waals surface area contributed by atoms with Gasteiger partial charge in [-0.3, -0.25) is 19.6 Å². The van der Waals surface area contributed by atoms with E-state index in [9.17, 15) is 28.1 Å². The Balaban J connectivity index is 1.98. The predicted octanol–water partition coefficient (Wildman–Crippen LogP) is 5.97.